The molecule has 5 nitrogen and oxygen atoms in total. The topological polar surface area (TPSA) is 81.8 Å². The molecule has 0 unspecified atom stereocenters. The molecule has 0 aliphatic heterocycles. The van der Waals surface area contributed by atoms with Gasteiger partial charge in [0, 0.05) is 5.56 Å². The summed E-state index contributed by atoms with van der Waals surface area (Å²) in [5.74, 6) is 0.505. The van der Waals surface area contributed by atoms with E-state index in [2.05, 4.69) is 4.40 Å². The Morgan fingerprint density at radius 3 is 2.45 bits per heavy atom. The first-order chi connectivity index (χ1) is 9.53. The van der Waals surface area contributed by atoms with Crippen LogP contribution in [0.1, 0.15) is 5.56 Å². The van der Waals surface area contributed by atoms with E-state index in [4.69, 9.17) is 10.5 Å². The molecule has 0 spiro atoms. The molecule has 20 heavy (non-hydrogen) atoms. The van der Waals surface area contributed by atoms with Crippen LogP contribution in [0.25, 0.3) is 0 Å². The smallest absolute Gasteiger partial charge is 0.284 e. The Morgan fingerprint density at radius 1 is 1.10 bits per heavy atom. The predicted molar refractivity (Wildman–Crippen MR) is 77.3 cm³/mol. The van der Waals surface area contributed by atoms with Gasteiger partial charge in [0.15, 0.2) is 0 Å². The van der Waals surface area contributed by atoms with Crippen LogP contribution in [0.2, 0.25) is 0 Å². The molecule has 2 N–H and O–H groups in total. The molecule has 6 heteroatoms. The number of ether oxygens (including phenoxy) is 1. The maximum Gasteiger partial charge on any atom is 0.284 e. The van der Waals surface area contributed by atoms with E-state index < -0.39 is 10.0 Å². The van der Waals surface area contributed by atoms with Crippen molar-refractivity contribution >= 4 is 15.9 Å². The van der Waals surface area contributed by atoms with E-state index >= 15 is 0 Å². The zero-order chi connectivity index (χ0) is 14.6. The molecular weight excluding hydrogens is 276 g/mol. The van der Waals surface area contributed by atoms with Crippen LogP contribution in [0.5, 0.6) is 5.75 Å². The Balaban J connectivity index is 2.39. The fourth-order valence-electron chi connectivity index (χ4n) is 1.61. The van der Waals surface area contributed by atoms with Crippen molar-refractivity contribution in [3.05, 3.63) is 60.2 Å². The monoisotopic (exact) mass is 290 g/mol. The molecule has 104 valence electrons. The van der Waals surface area contributed by atoms with Gasteiger partial charge in [-0.1, -0.05) is 30.3 Å². The number of benzene rings is 2. The molecule has 0 aliphatic rings. The van der Waals surface area contributed by atoms with Gasteiger partial charge in [0.1, 0.15) is 11.6 Å². The third-order valence-electron chi connectivity index (χ3n) is 2.63. The molecule has 0 aliphatic carbocycles. The highest BCUT2D eigenvalue weighted by Gasteiger charge is 2.13. The maximum atomic E-state index is 12.1. The first kappa shape index (κ1) is 14.1. The molecular formula is C14H14N2O3S. The summed E-state index contributed by atoms with van der Waals surface area (Å²) >= 11 is 0. The van der Waals surface area contributed by atoms with Crippen LogP contribution in [0.15, 0.2) is 63.9 Å². The molecule has 0 amide bonds. The van der Waals surface area contributed by atoms with Crippen molar-refractivity contribution in [1.82, 2.24) is 0 Å². The van der Waals surface area contributed by atoms with Crippen LogP contribution >= 0.6 is 0 Å². The normalized spacial score (nSPS) is 12.2. The van der Waals surface area contributed by atoms with E-state index in [1.54, 1.807) is 42.5 Å². The number of amidine groups is 1. The van der Waals surface area contributed by atoms with Crippen molar-refractivity contribution in [2.45, 2.75) is 4.90 Å². The van der Waals surface area contributed by atoms with Gasteiger partial charge in [0.2, 0.25) is 0 Å². The lowest BCUT2D eigenvalue weighted by Gasteiger charge is -2.04. The molecule has 0 fully saturated rings. The number of hydrogen-bond acceptors (Lipinski definition) is 3. The molecule has 2 rings (SSSR count). The van der Waals surface area contributed by atoms with Crippen LogP contribution < -0.4 is 10.5 Å². The van der Waals surface area contributed by atoms with Crippen molar-refractivity contribution in [1.29, 1.82) is 0 Å². The molecule has 0 heterocycles. The molecule has 2 aromatic carbocycles. The first-order valence-electron chi connectivity index (χ1n) is 5.83. The van der Waals surface area contributed by atoms with Gasteiger partial charge in [-0.25, -0.2) is 0 Å². The summed E-state index contributed by atoms with van der Waals surface area (Å²) in [4.78, 5) is 0.103. The summed E-state index contributed by atoms with van der Waals surface area (Å²) in [6, 6.07) is 14.7. The fourth-order valence-corrected chi connectivity index (χ4v) is 2.58. The minimum atomic E-state index is -3.81. The number of hydrogen-bond donors (Lipinski definition) is 1. The lowest BCUT2D eigenvalue weighted by Crippen LogP contribution is -2.16. The SMILES string of the molecule is COc1cccc(/C(N)=N/S(=O)(=O)c2ccccc2)c1. The summed E-state index contributed by atoms with van der Waals surface area (Å²) < 4.78 is 32.8. The Kier molecular flexibility index (Phi) is 4.05. The first-order valence-corrected chi connectivity index (χ1v) is 7.27. The van der Waals surface area contributed by atoms with Gasteiger partial charge in [-0.3, -0.25) is 0 Å². The minimum Gasteiger partial charge on any atom is -0.497 e. The van der Waals surface area contributed by atoms with Crippen molar-refractivity contribution < 1.29 is 13.2 Å². The van der Waals surface area contributed by atoms with Gasteiger partial charge < -0.3 is 10.5 Å². The van der Waals surface area contributed by atoms with E-state index in [-0.39, 0.29) is 10.7 Å². The second-order valence-corrected chi connectivity index (χ2v) is 5.60. The number of nitrogens with zero attached hydrogens (tertiary/aromatic N) is 1. The summed E-state index contributed by atoms with van der Waals surface area (Å²) in [6.07, 6.45) is 0. The van der Waals surface area contributed by atoms with E-state index in [0.717, 1.165) is 0 Å². The highest BCUT2D eigenvalue weighted by molar-refractivity contribution is 7.90. The third kappa shape index (κ3) is 3.16. The third-order valence-corrected chi connectivity index (χ3v) is 3.93. The standard InChI is InChI=1S/C14H14N2O3S/c1-19-12-7-5-6-11(10-12)14(15)16-20(17,18)13-8-3-2-4-9-13/h2-10H,1H3,(H2,15,16). The van der Waals surface area contributed by atoms with Gasteiger partial charge in [-0.15, -0.1) is 4.40 Å². The average molecular weight is 290 g/mol. The van der Waals surface area contributed by atoms with Gasteiger partial charge in [0.05, 0.1) is 12.0 Å². The maximum absolute atomic E-state index is 12.1. The Morgan fingerprint density at radius 2 is 1.80 bits per heavy atom. The number of rotatable bonds is 4. The Hall–Kier alpha value is -2.34. The molecule has 0 atom stereocenters. The zero-order valence-corrected chi connectivity index (χ0v) is 11.7. The van der Waals surface area contributed by atoms with Gasteiger partial charge in [-0.05, 0) is 24.3 Å². The lowest BCUT2D eigenvalue weighted by molar-refractivity contribution is 0.414. The van der Waals surface area contributed by atoms with Crippen molar-refractivity contribution in [2.75, 3.05) is 7.11 Å². The van der Waals surface area contributed by atoms with Crippen LogP contribution in [0, 0.1) is 0 Å². The van der Waals surface area contributed by atoms with Crippen LogP contribution in [0.3, 0.4) is 0 Å². The second-order valence-electron chi connectivity index (χ2n) is 4.00. The molecule has 0 aromatic heterocycles. The molecule has 0 radical (unpaired) electrons. The number of nitrogens with two attached hydrogens (primary N) is 1. The zero-order valence-electron chi connectivity index (χ0n) is 10.9. The molecule has 2 aromatic rings. The average Bonchev–Trinajstić information content (AvgIpc) is 2.48. The van der Waals surface area contributed by atoms with E-state index in [0.29, 0.717) is 11.3 Å². The van der Waals surface area contributed by atoms with Crippen LogP contribution in [-0.4, -0.2) is 21.4 Å². The van der Waals surface area contributed by atoms with E-state index in [9.17, 15) is 8.42 Å². The number of methoxy groups -OCH3 is 1. The lowest BCUT2D eigenvalue weighted by atomic mass is 10.2. The molecule has 0 bridgehead atoms. The number of sulfonamides is 1. The second kappa shape index (κ2) is 5.75. The van der Waals surface area contributed by atoms with Crippen molar-refractivity contribution in [2.24, 2.45) is 10.1 Å². The summed E-state index contributed by atoms with van der Waals surface area (Å²) in [7, 11) is -2.28. The largest absolute Gasteiger partial charge is 0.497 e. The summed E-state index contributed by atoms with van der Waals surface area (Å²) in [6.45, 7) is 0. The van der Waals surface area contributed by atoms with Crippen molar-refractivity contribution in [3.63, 3.8) is 0 Å². The highest BCUT2D eigenvalue weighted by Crippen LogP contribution is 2.15. The van der Waals surface area contributed by atoms with Crippen LogP contribution in [0.4, 0.5) is 0 Å². The summed E-state index contributed by atoms with van der Waals surface area (Å²) in [5, 5.41) is 0. The van der Waals surface area contributed by atoms with E-state index in [1.165, 1.54) is 19.2 Å². The quantitative estimate of drug-likeness (QED) is 0.687. The van der Waals surface area contributed by atoms with E-state index in [1.807, 2.05) is 0 Å². The molecule has 0 saturated carbocycles. The highest BCUT2D eigenvalue weighted by atomic mass is 32.2. The van der Waals surface area contributed by atoms with Gasteiger partial charge in [-0.2, -0.15) is 8.42 Å². The minimum absolute atomic E-state index is 0.0762. The Labute approximate surface area is 117 Å². The predicted octanol–water partition coefficient (Wildman–Crippen LogP) is 1.79. The summed E-state index contributed by atoms with van der Waals surface area (Å²) in [5.41, 5.74) is 6.25. The van der Waals surface area contributed by atoms with Crippen molar-refractivity contribution in [3.8, 4) is 5.75 Å². The Bertz CT molecular complexity index is 725. The van der Waals surface area contributed by atoms with Gasteiger partial charge >= 0.3 is 0 Å². The van der Waals surface area contributed by atoms with Gasteiger partial charge in [0.25, 0.3) is 10.0 Å². The fraction of sp³-hybridized carbons (Fsp3) is 0.0714. The molecule has 0 saturated heterocycles. The van der Waals surface area contributed by atoms with Crippen LogP contribution in [-0.2, 0) is 10.0 Å².